The molecule has 0 aromatic carbocycles. The van der Waals surface area contributed by atoms with Gasteiger partial charge in [-0.15, -0.1) is 0 Å². The zero-order valence-electron chi connectivity index (χ0n) is 11.4. The minimum Gasteiger partial charge on any atom is -0.468 e. The van der Waals surface area contributed by atoms with Gasteiger partial charge in [-0.2, -0.15) is 5.10 Å². The molecule has 0 saturated carbocycles. The number of nitrogens with zero attached hydrogens (tertiary/aromatic N) is 3. The highest BCUT2D eigenvalue weighted by molar-refractivity contribution is 6.03. The van der Waals surface area contributed by atoms with Crippen molar-refractivity contribution >= 4 is 17.6 Å². The van der Waals surface area contributed by atoms with Gasteiger partial charge in [-0.3, -0.25) is 14.3 Å². The number of methoxy groups -OCH3 is 1. The minimum absolute atomic E-state index is 0.0116. The molecular weight excluding hydrogens is 260 g/mol. The summed E-state index contributed by atoms with van der Waals surface area (Å²) in [5, 5.41) is 6.71. The van der Waals surface area contributed by atoms with Gasteiger partial charge in [0.2, 0.25) is 0 Å². The maximum Gasteiger partial charge on any atom is 0.327 e. The molecule has 0 spiro atoms. The van der Waals surface area contributed by atoms with Gasteiger partial charge >= 0.3 is 5.97 Å². The van der Waals surface area contributed by atoms with E-state index >= 15 is 0 Å². The molecule has 0 unspecified atom stereocenters. The third kappa shape index (κ3) is 3.05. The number of hydrogen-bond acceptors (Lipinski definition) is 4. The van der Waals surface area contributed by atoms with E-state index in [1.807, 2.05) is 23.8 Å². The summed E-state index contributed by atoms with van der Waals surface area (Å²) in [5.74, 6) is -0.611. The van der Waals surface area contributed by atoms with Crippen LogP contribution in [0.3, 0.4) is 0 Å². The van der Waals surface area contributed by atoms with Crippen LogP contribution in [0.5, 0.6) is 0 Å². The first-order chi connectivity index (χ1) is 9.63. The molecule has 20 heavy (non-hydrogen) atoms. The lowest BCUT2D eigenvalue weighted by Gasteiger charge is -2.05. The van der Waals surface area contributed by atoms with E-state index in [9.17, 15) is 9.59 Å². The maximum absolute atomic E-state index is 12.1. The molecule has 0 saturated heterocycles. The summed E-state index contributed by atoms with van der Waals surface area (Å²) in [7, 11) is 1.31. The maximum atomic E-state index is 12.1. The average Bonchev–Trinajstić information content (AvgIpc) is 3.07. The molecule has 0 bridgehead atoms. The number of aryl methyl sites for hydroxylation is 1. The molecule has 0 radical (unpaired) electrons. The lowest BCUT2D eigenvalue weighted by Crippen LogP contribution is -2.16. The summed E-state index contributed by atoms with van der Waals surface area (Å²) in [5.41, 5.74) is 1.11. The Hall–Kier alpha value is -2.57. The van der Waals surface area contributed by atoms with Crippen LogP contribution in [0, 0.1) is 0 Å². The molecule has 106 valence electrons. The molecule has 2 rings (SSSR count). The lowest BCUT2D eigenvalue weighted by atomic mass is 10.4. The van der Waals surface area contributed by atoms with Crippen LogP contribution >= 0.6 is 0 Å². The van der Waals surface area contributed by atoms with E-state index in [1.165, 1.54) is 18.0 Å². The van der Waals surface area contributed by atoms with E-state index in [0.717, 1.165) is 6.54 Å². The van der Waals surface area contributed by atoms with Gasteiger partial charge in [0.05, 0.1) is 19.0 Å². The first-order valence-corrected chi connectivity index (χ1v) is 6.19. The van der Waals surface area contributed by atoms with Gasteiger partial charge in [0.25, 0.3) is 5.91 Å². The highest BCUT2D eigenvalue weighted by Gasteiger charge is 2.11. The molecule has 7 nitrogen and oxygen atoms in total. The molecule has 2 aromatic heterocycles. The first-order valence-electron chi connectivity index (χ1n) is 6.19. The quantitative estimate of drug-likeness (QED) is 0.830. The fraction of sp³-hybridized carbons (Fsp3) is 0.308. The highest BCUT2D eigenvalue weighted by atomic mass is 16.5. The van der Waals surface area contributed by atoms with Crippen LogP contribution in [0.2, 0.25) is 0 Å². The molecule has 2 heterocycles. The van der Waals surface area contributed by atoms with Crippen LogP contribution < -0.4 is 5.32 Å². The Morgan fingerprint density at radius 2 is 2.25 bits per heavy atom. The number of ether oxygens (including phenoxy) is 1. The third-order valence-corrected chi connectivity index (χ3v) is 2.81. The predicted octanol–water partition coefficient (Wildman–Crippen LogP) is 1.13. The summed E-state index contributed by atoms with van der Waals surface area (Å²) in [4.78, 5) is 23.2. The second kappa shape index (κ2) is 6.05. The molecule has 7 heteroatoms. The Kier molecular flexibility index (Phi) is 4.19. The van der Waals surface area contributed by atoms with Crippen molar-refractivity contribution in [3.05, 3.63) is 36.4 Å². The molecule has 0 fully saturated rings. The lowest BCUT2D eigenvalue weighted by molar-refractivity contribution is -0.141. The topological polar surface area (TPSA) is 78.2 Å². The Morgan fingerprint density at radius 1 is 1.45 bits per heavy atom. The standard InChI is InChI=1S/C13H16N4O3/c1-3-16-6-4-5-11(16)13(19)15-10-7-14-17(8-10)9-12(18)20-2/h4-8H,3,9H2,1-2H3,(H,15,19). The second-order valence-electron chi connectivity index (χ2n) is 4.14. The van der Waals surface area contributed by atoms with Gasteiger partial charge < -0.3 is 14.6 Å². The summed E-state index contributed by atoms with van der Waals surface area (Å²) >= 11 is 0. The van der Waals surface area contributed by atoms with Crippen molar-refractivity contribution in [1.29, 1.82) is 0 Å². The van der Waals surface area contributed by atoms with Gasteiger partial charge in [-0.05, 0) is 19.1 Å². The van der Waals surface area contributed by atoms with Gasteiger partial charge in [0.15, 0.2) is 0 Å². The number of amides is 1. The van der Waals surface area contributed by atoms with E-state index in [-0.39, 0.29) is 12.5 Å². The fourth-order valence-corrected chi connectivity index (χ4v) is 1.80. The molecule has 1 N–H and O–H groups in total. The highest BCUT2D eigenvalue weighted by Crippen LogP contribution is 2.09. The van der Waals surface area contributed by atoms with Crippen molar-refractivity contribution in [2.75, 3.05) is 12.4 Å². The molecule has 0 aliphatic heterocycles. The molecule has 1 amide bonds. The number of carbonyl (C=O) groups excluding carboxylic acids is 2. The number of esters is 1. The van der Waals surface area contributed by atoms with E-state index in [4.69, 9.17) is 0 Å². The van der Waals surface area contributed by atoms with Crippen LogP contribution in [0.1, 0.15) is 17.4 Å². The largest absolute Gasteiger partial charge is 0.468 e. The average molecular weight is 276 g/mol. The second-order valence-corrected chi connectivity index (χ2v) is 4.14. The van der Waals surface area contributed by atoms with E-state index in [2.05, 4.69) is 15.2 Å². The number of nitrogens with one attached hydrogen (secondary N) is 1. The number of rotatable bonds is 5. The van der Waals surface area contributed by atoms with Crippen molar-refractivity contribution in [2.24, 2.45) is 0 Å². The summed E-state index contributed by atoms with van der Waals surface area (Å²) in [6.45, 7) is 2.69. The molecule has 0 atom stereocenters. The van der Waals surface area contributed by atoms with Crippen molar-refractivity contribution in [3.63, 3.8) is 0 Å². The van der Waals surface area contributed by atoms with Crippen LogP contribution in [-0.2, 0) is 22.6 Å². The van der Waals surface area contributed by atoms with E-state index in [0.29, 0.717) is 11.4 Å². The van der Waals surface area contributed by atoms with Crippen molar-refractivity contribution in [3.8, 4) is 0 Å². The Labute approximate surface area is 116 Å². The number of anilines is 1. The van der Waals surface area contributed by atoms with Crippen LogP contribution in [0.25, 0.3) is 0 Å². The van der Waals surface area contributed by atoms with Gasteiger partial charge in [-0.1, -0.05) is 0 Å². The third-order valence-electron chi connectivity index (χ3n) is 2.81. The molecule has 2 aromatic rings. The minimum atomic E-state index is -0.397. The Balaban J connectivity index is 2.03. The normalized spacial score (nSPS) is 10.3. The van der Waals surface area contributed by atoms with Gasteiger partial charge in [-0.25, -0.2) is 0 Å². The zero-order chi connectivity index (χ0) is 14.5. The van der Waals surface area contributed by atoms with E-state index in [1.54, 1.807) is 12.3 Å². The van der Waals surface area contributed by atoms with Crippen molar-refractivity contribution in [2.45, 2.75) is 20.0 Å². The zero-order valence-corrected chi connectivity index (χ0v) is 11.4. The molecular formula is C13H16N4O3. The number of carbonyl (C=O) groups is 2. The van der Waals surface area contributed by atoms with Crippen molar-refractivity contribution < 1.29 is 14.3 Å². The summed E-state index contributed by atoms with van der Waals surface area (Å²) < 4.78 is 7.79. The van der Waals surface area contributed by atoms with E-state index < -0.39 is 5.97 Å². The smallest absolute Gasteiger partial charge is 0.327 e. The molecule has 0 aliphatic rings. The fourth-order valence-electron chi connectivity index (χ4n) is 1.80. The Bertz CT molecular complexity index is 615. The van der Waals surface area contributed by atoms with Gasteiger partial charge in [0, 0.05) is 18.9 Å². The Morgan fingerprint density at radius 3 is 2.95 bits per heavy atom. The predicted molar refractivity (Wildman–Crippen MR) is 72.3 cm³/mol. The monoisotopic (exact) mass is 276 g/mol. The first kappa shape index (κ1) is 13.9. The van der Waals surface area contributed by atoms with Gasteiger partial charge in [0.1, 0.15) is 12.2 Å². The van der Waals surface area contributed by atoms with Crippen LogP contribution in [-0.4, -0.2) is 33.3 Å². The summed E-state index contributed by atoms with van der Waals surface area (Å²) in [6.07, 6.45) is 4.91. The summed E-state index contributed by atoms with van der Waals surface area (Å²) in [6, 6.07) is 3.57. The van der Waals surface area contributed by atoms with Crippen LogP contribution in [0.15, 0.2) is 30.7 Å². The SMILES string of the molecule is CCn1cccc1C(=O)Nc1cnn(CC(=O)OC)c1. The number of aromatic nitrogens is 3. The van der Waals surface area contributed by atoms with Crippen LogP contribution in [0.4, 0.5) is 5.69 Å². The van der Waals surface area contributed by atoms with Crippen molar-refractivity contribution in [1.82, 2.24) is 14.3 Å². The number of hydrogen-bond donors (Lipinski definition) is 1. The molecule has 0 aliphatic carbocycles.